The minimum Gasteiger partial charge on any atom is -0.327 e. The summed E-state index contributed by atoms with van der Waals surface area (Å²) in [4.78, 5) is 0. The number of rotatable bonds is 4. The molecule has 0 fully saturated rings. The maximum Gasteiger partial charge on any atom is 0.416 e. The van der Waals surface area contributed by atoms with Crippen molar-refractivity contribution in [1.82, 2.24) is 0 Å². The Labute approximate surface area is 130 Å². The SMILES string of the molecule is NC(Cc1cccc(Br)c1)Cc1cccc(C(F)(F)F)c1. The topological polar surface area (TPSA) is 26.0 Å². The van der Waals surface area contributed by atoms with Gasteiger partial charge in [-0.2, -0.15) is 13.2 Å². The van der Waals surface area contributed by atoms with E-state index in [1.165, 1.54) is 12.1 Å². The molecular weight excluding hydrogens is 343 g/mol. The van der Waals surface area contributed by atoms with Crippen LogP contribution >= 0.6 is 15.9 Å². The summed E-state index contributed by atoms with van der Waals surface area (Å²) < 4.78 is 38.9. The molecule has 0 bridgehead atoms. The Bertz CT molecular complexity index is 610. The highest BCUT2D eigenvalue weighted by Gasteiger charge is 2.30. The monoisotopic (exact) mass is 357 g/mol. The predicted octanol–water partition coefficient (Wildman–Crippen LogP) is 4.58. The van der Waals surface area contributed by atoms with Crippen molar-refractivity contribution in [2.24, 2.45) is 5.73 Å². The molecule has 0 radical (unpaired) electrons. The molecule has 1 unspecified atom stereocenters. The van der Waals surface area contributed by atoms with Crippen LogP contribution in [0.2, 0.25) is 0 Å². The molecule has 0 aromatic heterocycles. The van der Waals surface area contributed by atoms with Crippen molar-refractivity contribution in [1.29, 1.82) is 0 Å². The zero-order valence-electron chi connectivity index (χ0n) is 11.2. The Morgan fingerprint density at radius 3 is 2.10 bits per heavy atom. The summed E-state index contributed by atoms with van der Waals surface area (Å²) in [6.07, 6.45) is -3.28. The van der Waals surface area contributed by atoms with Crippen LogP contribution in [-0.2, 0) is 19.0 Å². The van der Waals surface area contributed by atoms with E-state index in [0.717, 1.165) is 16.1 Å². The predicted molar refractivity (Wildman–Crippen MR) is 81.0 cm³/mol. The Hall–Kier alpha value is -1.33. The quantitative estimate of drug-likeness (QED) is 0.851. The van der Waals surface area contributed by atoms with E-state index in [1.807, 2.05) is 24.3 Å². The lowest BCUT2D eigenvalue weighted by molar-refractivity contribution is -0.137. The van der Waals surface area contributed by atoms with Crippen molar-refractivity contribution < 1.29 is 13.2 Å². The lowest BCUT2D eigenvalue weighted by Gasteiger charge is -2.14. The van der Waals surface area contributed by atoms with Gasteiger partial charge in [-0.05, 0) is 42.2 Å². The first-order chi connectivity index (χ1) is 9.84. The van der Waals surface area contributed by atoms with Crippen molar-refractivity contribution in [3.63, 3.8) is 0 Å². The number of nitrogens with two attached hydrogens (primary N) is 1. The summed E-state index contributed by atoms with van der Waals surface area (Å²) in [7, 11) is 0. The number of alkyl halides is 3. The Kier molecular flexibility index (Phi) is 5.06. The molecular formula is C16H15BrF3N. The molecule has 0 spiro atoms. The fraction of sp³-hybridized carbons (Fsp3) is 0.250. The molecule has 5 heteroatoms. The third kappa shape index (κ3) is 4.86. The first-order valence-electron chi connectivity index (χ1n) is 6.51. The van der Waals surface area contributed by atoms with Crippen molar-refractivity contribution in [3.05, 3.63) is 69.7 Å². The maximum atomic E-state index is 12.7. The fourth-order valence-corrected chi connectivity index (χ4v) is 2.66. The van der Waals surface area contributed by atoms with Crippen LogP contribution in [0.1, 0.15) is 16.7 Å². The van der Waals surface area contributed by atoms with Crippen LogP contribution in [-0.4, -0.2) is 6.04 Å². The molecule has 1 atom stereocenters. The lowest BCUT2D eigenvalue weighted by Crippen LogP contribution is -2.25. The van der Waals surface area contributed by atoms with Crippen LogP contribution in [0.4, 0.5) is 13.2 Å². The van der Waals surface area contributed by atoms with Gasteiger partial charge in [0.25, 0.3) is 0 Å². The second-order valence-electron chi connectivity index (χ2n) is 5.00. The summed E-state index contributed by atoms with van der Waals surface area (Å²) >= 11 is 3.38. The second kappa shape index (κ2) is 6.62. The highest BCUT2D eigenvalue weighted by atomic mass is 79.9. The highest BCUT2D eigenvalue weighted by molar-refractivity contribution is 9.10. The molecule has 2 aromatic rings. The molecule has 0 aliphatic carbocycles. The number of halogens is 4. The molecule has 112 valence electrons. The molecule has 1 nitrogen and oxygen atoms in total. The molecule has 0 heterocycles. The Morgan fingerprint density at radius 1 is 0.952 bits per heavy atom. The normalized spacial score (nSPS) is 13.2. The first-order valence-corrected chi connectivity index (χ1v) is 7.30. The van der Waals surface area contributed by atoms with Crippen LogP contribution in [0.25, 0.3) is 0 Å². The van der Waals surface area contributed by atoms with Gasteiger partial charge in [0, 0.05) is 10.5 Å². The van der Waals surface area contributed by atoms with Crippen molar-refractivity contribution >= 4 is 15.9 Å². The van der Waals surface area contributed by atoms with Gasteiger partial charge in [-0.25, -0.2) is 0 Å². The van der Waals surface area contributed by atoms with Gasteiger partial charge in [-0.15, -0.1) is 0 Å². The third-order valence-corrected chi connectivity index (χ3v) is 3.63. The molecule has 2 aromatic carbocycles. The van der Waals surface area contributed by atoms with Crippen LogP contribution < -0.4 is 5.73 Å². The summed E-state index contributed by atoms with van der Waals surface area (Å²) in [5.41, 5.74) is 7.08. The molecule has 0 aliphatic rings. The number of hydrogen-bond donors (Lipinski definition) is 1. The van der Waals surface area contributed by atoms with Gasteiger partial charge in [-0.3, -0.25) is 0 Å². The molecule has 2 N–H and O–H groups in total. The van der Waals surface area contributed by atoms with Crippen LogP contribution in [0, 0.1) is 0 Å². The fourth-order valence-electron chi connectivity index (χ4n) is 2.22. The van der Waals surface area contributed by atoms with E-state index in [2.05, 4.69) is 15.9 Å². The lowest BCUT2D eigenvalue weighted by atomic mass is 9.98. The van der Waals surface area contributed by atoms with Gasteiger partial charge in [0.05, 0.1) is 5.56 Å². The van der Waals surface area contributed by atoms with Crippen LogP contribution in [0.5, 0.6) is 0 Å². The summed E-state index contributed by atoms with van der Waals surface area (Å²) in [6, 6.07) is 12.9. The Balaban J connectivity index is 2.04. The molecule has 0 amide bonds. The van der Waals surface area contributed by atoms with E-state index in [0.29, 0.717) is 18.4 Å². The number of hydrogen-bond acceptors (Lipinski definition) is 1. The summed E-state index contributed by atoms with van der Waals surface area (Å²) in [5.74, 6) is 0. The van der Waals surface area contributed by atoms with Crippen LogP contribution in [0.3, 0.4) is 0 Å². The Morgan fingerprint density at radius 2 is 1.52 bits per heavy atom. The second-order valence-corrected chi connectivity index (χ2v) is 5.91. The van der Waals surface area contributed by atoms with Gasteiger partial charge in [0.2, 0.25) is 0 Å². The standard InChI is InChI=1S/C16H15BrF3N/c17-14-6-2-4-12(8-14)10-15(21)9-11-3-1-5-13(7-11)16(18,19)20/h1-8,15H,9-10,21H2. The largest absolute Gasteiger partial charge is 0.416 e. The van der Waals surface area contributed by atoms with E-state index in [9.17, 15) is 13.2 Å². The van der Waals surface area contributed by atoms with Gasteiger partial charge < -0.3 is 5.73 Å². The molecule has 21 heavy (non-hydrogen) atoms. The molecule has 2 rings (SSSR count). The van der Waals surface area contributed by atoms with Gasteiger partial charge in [0.1, 0.15) is 0 Å². The summed E-state index contributed by atoms with van der Waals surface area (Å²) in [5, 5.41) is 0. The summed E-state index contributed by atoms with van der Waals surface area (Å²) in [6.45, 7) is 0. The first kappa shape index (κ1) is 16.0. The van der Waals surface area contributed by atoms with E-state index >= 15 is 0 Å². The minimum absolute atomic E-state index is 0.220. The van der Waals surface area contributed by atoms with Crippen molar-refractivity contribution in [2.45, 2.75) is 25.1 Å². The average Bonchev–Trinajstić information content (AvgIpc) is 2.37. The zero-order chi connectivity index (χ0) is 15.5. The average molecular weight is 358 g/mol. The third-order valence-electron chi connectivity index (χ3n) is 3.14. The van der Waals surface area contributed by atoms with E-state index in [-0.39, 0.29) is 6.04 Å². The smallest absolute Gasteiger partial charge is 0.327 e. The van der Waals surface area contributed by atoms with Crippen molar-refractivity contribution in [2.75, 3.05) is 0 Å². The molecule has 0 saturated carbocycles. The van der Waals surface area contributed by atoms with Crippen LogP contribution in [0.15, 0.2) is 53.0 Å². The zero-order valence-corrected chi connectivity index (χ0v) is 12.8. The number of benzene rings is 2. The molecule has 0 saturated heterocycles. The minimum atomic E-state index is -4.32. The maximum absolute atomic E-state index is 12.7. The van der Waals surface area contributed by atoms with Gasteiger partial charge in [0.15, 0.2) is 0 Å². The van der Waals surface area contributed by atoms with Gasteiger partial charge in [-0.1, -0.05) is 46.3 Å². The highest BCUT2D eigenvalue weighted by Crippen LogP contribution is 2.29. The molecule has 0 aliphatic heterocycles. The van der Waals surface area contributed by atoms with Crippen molar-refractivity contribution in [3.8, 4) is 0 Å². The van der Waals surface area contributed by atoms with E-state index in [4.69, 9.17) is 5.73 Å². The van der Waals surface area contributed by atoms with Gasteiger partial charge >= 0.3 is 6.18 Å². The van der Waals surface area contributed by atoms with E-state index in [1.54, 1.807) is 6.07 Å². The van der Waals surface area contributed by atoms with E-state index < -0.39 is 11.7 Å².